The number of carbonyl (C=O) groups excluding carboxylic acids is 1. The van der Waals surface area contributed by atoms with Crippen LogP contribution in [0.2, 0.25) is 5.02 Å². The summed E-state index contributed by atoms with van der Waals surface area (Å²) in [6, 6.07) is 9.68. The van der Waals surface area contributed by atoms with Gasteiger partial charge in [-0.05, 0) is 48.6 Å². The Kier molecular flexibility index (Phi) is 5.70. The molecule has 0 saturated heterocycles. The largest absolute Gasteiger partial charge is 0.493 e. The van der Waals surface area contributed by atoms with E-state index in [2.05, 4.69) is 0 Å². The average Bonchev–Trinajstić information content (AvgIpc) is 2.70. The van der Waals surface area contributed by atoms with Crippen LogP contribution in [-0.2, 0) is 0 Å². The summed E-state index contributed by atoms with van der Waals surface area (Å²) < 4.78 is 21.1. The Morgan fingerprint density at radius 3 is 2.43 bits per heavy atom. The van der Waals surface area contributed by atoms with Crippen molar-refractivity contribution in [1.82, 2.24) is 0 Å². The van der Waals surface area contributed by atoms with Crippen molar-refractivity contribution < 1.29 is 23.4 Å². The van der Waals surface area contributed by atoms with E-state index in [0.717, 1.165) is 0 Å². The SMILES string of the molecule is COc1ccc(/C=C/C(=O)c2cc3cc(Cl)ccc3oc2=O)c(OC)c1OC. The van der Waals surface area contributed by atoms with Crippen molar-refractivity contribution in [2.75, 3.05) is 21.3 Å². The van der Waals surface area contributed by atoms with E-state index in [4.69, 9.17) is 30.2 Å². The van der Waals surface area contributed by atoms with E-state index in [9.17, 15) is 9.59 Å². The maximum absolute atomic E-state index is 12.6. The number of rotatable bonds is 6. The normalized spacial score (nSPS) is 11.0. The highest BCUT2D eigenvalue weighted by Gasteiger charge is 2.16. The lowest BCUT2D eigenvalue weighted by Gasteiger charge is -2.13. The number of methoxy groups -OCH3 is 3. The standard InChI is InChI=1S/C21H17ClO6/c1-25-18-8-5-12(19(26-2)20(18)27-3)4-7-16(23)15-11-13-10-14(22)6-9-17(13)28-21(15)24/h4-11H,1-3H3/b7-4+. The number of ether oxygens (including phenoxy) is 3. The first kappa shape index (κ1) is 19.5. The lowest BCUT2D eigenvalue weighted by atomic mass is 10.1. The van der Waals surface area contributed by atoms with Crippen molar-refractivity contribution in [2.45, 2.75) is 0 Å². The van der Waals surface area contributed by atoms with Gasteiger partial charge in [-0.25, -0.2) is 4.79 Å². The number of benzene rings is 2. The van der Waals surface area contributed by atoms with Crippen molar-refractivity contribution in [3.05, 3.63) is 69.0 Å². The van der Waals surface area contributed by atoms with Gasteiger partial charge in [0.05, 0.1) is 21.3 Å². The van der Waals surface area contributed by atoms with Crippen molar-refractivity contribution in [3.8, 4) is 17.2 Å². The Labute approximate surface area is 165 Å². The minimum absolute atomic E-state index is 0.0922. The molecule has 2 aromatic carbocycles. The van der Waals surface area contributed by atoms with Gasteiger partial charge in [-0.3, -0.25) is 4.79 Å². The monoisotopic (exact) mass is 400 g/mol. The molecule has 0 N–H and O–H groups in total. The van der Waals surface area contributed by atoms with Gasteiger partial charge in [-0.15, -0.1) is 0 Å². The third-order valence-corrected chi connectivity index (χ3v) is 4.34. The van der Waals surface area contributed by atoms with Crippen molar-refractivity contribution in [2.24, 2.45) is 0 Å². The highest BCUT2D eigenvalue weighted by Crippen LogP contribution is 2.40. The molecule has 6 nitrogen and oxygen atoms in total. The zero-order chi connectivity index (χ0) is 20.3. The molecular weight excluding hydrogens is 384 g/mol. The third-order valence-electron chi connectivity index (χ3n) is 4.11. The molecule has 0 atom stereocenters. The summed E-state index contributed by atoms with van der Waals surface area (Å²) in [4.78, 5) is 24.7. The average molecular weight is 401 g/mol. The van der Waals surface area contributed by atoms with Crippen LogP contribution in [0.4, 0.5) is 0 Å². The maximum atomic E-state index is 12.6. The number of hydrogen-bond acceptors (Lipinski definition) is 6. The second kappa shape index (κ2) is 8.19. The van der Waals surface area contributed by atoms with E-state index < -0.39 is 11.4 Å². The number of halogens is 1. The Hall–Kier alpha value is -3.25. The smallest absolute Gasteiger partial charge is 0.347 e. The first-order valence-electron chi connectivity index (χ1n) is 8.23. The van der Waals surface area contributed by atoms with Gasteiger partial charge in [-0.1, -0.05) is 11.6 Å². The molecule has 0 radical (unpaired) electrons. The first-order valence-corrected chi connectivity index (χ1v) is 8.61. The van der Waals surface area contributed by atoms with Crippen LogP contribution in [0.3, 0.4) is 0 Å². The molecule has 0 amide bonds. The zero-order valence-electron chi connectivity index (χ0n) is 15.4. The number of ketones is 1. The van der Waals surface area contributed by atoms with Crippen molar-refractivity contribution in [1.29, 1.82) is 0 Å². The van der Waals surface area contributed by atoms with Gasteiger partial charge in [0.2, 0.25) is 5.75 Å². The fourth-order valence-corrected chi connectivity index (χ4v) is 2.96. The second-order valence-corrected chi connectivity index (χ2v) is 6.19. The third kappa shape index (κ3) is 3.73. The number of hydrogen-bond donors (Lipinski definition) is 0. The molecular formula is C21H17ClO6. The van der Waals surface area contributed by atoms with Gasteiger partial charge >= 0.3 is 5.63 Å². The first-order chi connectivity index (χ1) is 13.5. The molecule has 0 spiro atoms. The molecule has 0 fully saturated rings. The topological polar surface area (TPSA) is 75.0 Å². The fraction of sp³-hybridized carbons (Fsp3) is 0.143. The molecule has 0 unspecified atom stereocenters. The molecule has 144 valence electrons. The van der Waals surface area contributed by atoms with Crippen LogP contribution in [0.1, 0.15) is 15.9 Å². The predicted molar refractivity (Wildman–Crippen MR) is 107 cm³/mol. The zero-order valence-corrected chi connectivity index (χ0v) is 16.2. The number of allylic oxidation sites excluding steroid dienone is 1. The minimum Gasteiger partial charge on any atom is -0.493 e. The fourth-order valence-electron chi connectivity index (χ4n) is 2.78. The molecule has 0 aliphatic heterocycles. The molecule has 0 aliphatic carbocycles. The Balaban J connectivity index is 1.99. The van der Waals surface area contributed by atoms with Gasteiger partial charge in [0.1, 0.15) is 11.1 Å². The molecule has 3 aromatic rings. The molecule has 28 heavy (non-hydrogen) atoms. The van der Waals surface area contributed by atoms with Gasteiger partial charge in [-0.2, -0.15) is 0 Å². The summed E-state index contributed by atoms with van der Waals surface area (Å²) in [5.74, 6) is 0.796. The number of carbonyl (C=O) groups is 1. The molecule has 3 rings (SSSR count). The van der Waals surface area contributed by atoms with E-state index in [0.29, 0.717) is 38.8 Å². The van der Waals surface area contributed by atoms with Crippen molar-refractivity contribution >= 4 is 34.4 Å². The molecule has 1 heterocycles. The second-order valence-electron chi connectivity index (χ2n) is 5.75. The summed E-state index contributed by atoms with van der Waals surface area (Å²) in [6.45, 7) is 0. The van der Waals surface area contributed by atoms with E-state index >= 15 is 0 Å². The summed E-state index contributed by atoms with van der Waals surface area (Å²) in [5.41, 5.74) is 0.132. The summed E-state index contributed by atoms with van der Waals surface area (Å²) in [6.07, 6.45) is 2.80. The van der Waals surface area contributed by atoms with Gasteiger partial charge < -0.3 is 18.6 Å². The quantitative estimate of drug-likeness (QED) is 0.347. The van der Waals surface area contributed by atoms with Gasteiger partial charge in [0, 0.05) is 16.0 Å². The van der Waals surface area contributed by atoms with Crippen LogP contribution >= 0.6 is 11.6 Å². The summed E-state index contributed by atoms with van der Waals surface area (Å²) in [7, 11) is 4.49. The Bertz CT molecular complexity index is 1130. The summed E-state index contributed by atoms with van der Waals surface area (Å²) in [5, 5.41) is 1.04. The van der Waals surface area contributed by atoms with Gasteiger partial charge in [0.15, 0.2) is 17.3 Å². The van der Waals surface area contributed by atoms with Crippen LogP contribution in [0.5, 0.6) is 17.2 Å². The van der Waals surface area contributed by atoms with Crippen molar-refractivity contribution in [3.63, 3.8) is 0 Å². The van der Waals surface area contributed by atoms with E-state index in [-0.39, 0.29) is 5.56 Å². The van der Waals surface area contributed by atoms with Crippen LogP contribution in [0.15, 0.2) is 51.7 Å². The predicted octanol–water partition coefficient (Wildman–Crippen LogP) is 4.37. The molecule has 0 aliphatic rings. The lowest BCUT2D eigenvalue weighted by molar-refractivity contribution is 0.104. The highest BCUT2D eigenvalue weighted by molar-refractivity contribution is 6.31. The Morgan fingerprint density at radius 2 is 1.75 bits per heavy atom. The lowest BCUT2D eigenvalue weighted by Crippen LogP contribution is -2.11. The summed E-state index contributed by atoms with van der Waals surface area (Å²) >= 11 is 5.96. The van der Waals surface area contributed by atoms with E-state index in [1.807, 2.05) is 0 Å². The van der Waals surface area contributed by atoms with Crippen LogP contribution in [0.25, 0.3) is 17.0 Å². The maximum Gasteiger partial charge on any atom is 0.347 e. The van der Waals surface area contributed by atoms with Crippen LogP contribution < -0.4 is 19.8 Å². The van der Waals surface area contributed by atoms with Crippen LogP contribution in [0, 0.1) is 0 Å². The molecule has 0 bridgehead atoms. The molecule has 1 aromatic heterocycles. The molecule has 7 heteroatoms. The van der Waals surface area contributed by atoms with E-state index in [1.54, 1.807) is 30.3 Å². The molecule has 0 saturated carbocycles. The Morgan fingerprint density at radius 1 is 1.00 bits per heavy atom. The highest BCUT2D eigenvalue weighted by atomic mass is 35.5. The minimum atomic E-state index is -0.719. The van der Waals surface area contributed by atoms with Crippen LogP contribution in [-0.4, -0.2) is 27.1 Å². The van der Waals surface area contributed by atoms with E-state index in [1.165, 1.54) is 39.5 Å². The van der Waals surface area contributed by atoms with Gasteiger partial charge in [0.25, 0.3) is 0 Å². The number of fused-ring (bicyclic) bond motifs is 1.